The number of ether oxygens (including phenoxy) is 1. The van der Waals surface area contributed by atoms with Crippen LogP contribution in [0.3, 0.4) is 0 Å². The summed E-state index contributed by atoms with van der Waals surface area (Å²) in [5.41, 5.74) is 11.6. The molecule has 106 valence electrons. The van der Waals surface area contributed by atoms with Gasteiger partial charge in [0.2, 0.25) is 0 Å². The summed E-state index contributed by atoms with van der Waals surface area (Å²) in [6.07, 6.45) is 0.688. The van der Waals surface area contributed by atoms with Crippen molar-refractivity contribution in [1.29, 1.82) is 0 Å². The minimum absolute atomic E-state index is 0.0700. The molecule has 2 rings (SSSR count). The summed E-state index contributed by atoms with van der Waals surface area (Å²) in [4.78, 5) is 0. The lowest BCUT2D eigenvalue weighted by molar-refractivity contribution is 0.405. The zero-order valence-corrected chi connectivity index (χ0v) is 12.9. The van der Waals surface area contributed by atoms with E-state index in [1.54, 1.807) is 7.11 Å². The van der Waals surface area contributed by atoms with Crippen LogP contribution in [0.5, 0.6) is 5.75 Å². The highest BCUT2D eigenvalue weighted by molar-refractivity contribution is 9.10. The summed E-state index contributed by atoms with van der Waals surface area (Å²) in [5, 5.41) is 0. The van der Waals surface area contributed by atoms with E-state index in [9.17, 15) is 0 Å². The molecule has 0 bridgehead atoms. The van der Waals surface area contributed by atoms with E-state index < -0.39 is 0 Å². The van der Waals surface area contributed by atoms with Gasteiger partial charge in [-0.3, -0.25) is 11.3 Å². The molecule has 1 atom stereocenters. The van der Waals surface area contributed by atoms with Gasteiger partial charge in [-0.05, 0) is 41.8 Å². The second kappa shape index (κ2) is 6.74. The zero-order valence-electron chi connectivity index (χ0n) is 11.3. The van der Waals surface area contributed by atoms with E-state index in [0.29, 0.717) is 6.42 Å². The van der Waals surface area contributed by atoms with Gasteiger partial charge < -0.3 is 10.5 Å². The lowest BCUT2D eigenvalue weighted by Gasteiger charge is -2.19. The number of benzene rings is 2. The molecule has 0 saturated heterocycles. The predicted octanol–water partition coefficient (Wildman–Crippen LogP) is 2.79. The van der Waals surface area contributed by atoms with Crippen molar-refractivity contribution >= 4 is 21.6 Å². The van der Waals surface area contributed by atoms with Gasteiger partial charge in [0.15, 0.2) is 0 Å². The molecular weight excluding hydrogens is 318 g/mol. The van der Waals surface area contributed by atoms with Crippen molar-refractivity contribution in [1.82, 2.24) is 5.43 Å². The molecule has 20 heavy (non-hydrogen) atoms. The summed E-state index contributed by atoms with van der Waals surface area (Å²) in [5.74, 6) is 6.53. The number of hydrazine groups is 1. The third-order valence-corrected chi connectivity index (χ3v) is 3.73. The highest BCUT2D eigenvalue weighted by atomic mass is 79.9. The molecule has 1 unspecified atom stereocenters. The van der Waals surface area contributed by atoms with Crippen LogP contribution in [-0.4, -0.2) is 7.11 Å². The number of nitrogens with one attached hydrogen (secondary N) is 1. The van der Waals surface area contributed by atoms with Gasteiger partial charge in [0.25, 0.3) is 0 Å². The Labute approximate surface area is 127 Å². The van der Waals surface area contributed by atoms with Gasteiger partial charge in [0, 0.05) is 10.2 Å². The lowest BCUT2D eigenvalue weighted by atomic mass is 9.97. The average molecular weight is 336 g/mol. The largest absolute Gasteiger partial charge is 0.496 e. The summed E-state index contributed by atoms with van der Waals surface area (Å²) >= 11 is 3.48. The normalized spacial score (nSPS) is 12.2. The lowest BCUT2D eigenvalue weighted by Crippen LogP contribution is -2.30. The number of rotatable bonds is 5. The number of hydrogen-bond acceptors (Lipinski definition) is 4. The van der Waals surface area contributed by atoms with Gasteiger partial charge in [0.05, 0.1) is 13.2 Å². The highest BCUT2D eigenvalue weighted by Crippen LogP contribution is 2.29. The SMILES string of the molecule is COc1ccc(Br)cc1CC(NN)c1ccccc1N. The maximum atomic E-state index is 6.02. The first-order valence-corrected chi connectivity index (χ1v) is 7.08. The summed E-state index contributed by atoms with van der Waals surface area (Å²) in [6.45, 7) is 0. The van der Waals surface area contributed by atoms with Gasteiger partial charge >= 0.3 is 0 Å². The molecule has 2 aromatic rings. The molecule has 5 heteroatoms. The Bertz CT molecular complexity index is 589. The van der Waals surface area contributed by atoms with E-state index in [4.69, 9.17) is 16.3 Å². The number of nitrogens with two attached hydrogens (primary N) is 2. The van der Waals surface area contributed by atoms with E-state index in [1.807, 2.05) is 42.5 Å². The second-order valence-corrected chi connectivity index (χ2v) is 5.42. The molecule has 0 aliphatic rings. The maximum Gasteiger partial charge on any atom is 0.122 e. The average Bonchev–Trinajstić information content (AvgIpc) is 2.46. The van der Waals surface area contributed by atoms with Gasteiger partial charge in [-0.1, -0.05) is 34.1 Å². The Balaban J connectivity index is 2.31. The summed E-state index contributed by atoms with van der Waals surface area (Å²) in [7, 11) is 1.66. The molecule has 4 nitrogen and oxygen atoms in total. The molecule has 5 N–H and O–H groups in total. The molecule has 0 heterocycles. The molecule has 0 fully saturated rings. The number of nitrogen functional groups attached to an aromatic ring is 1. The van der Waals surface area contributed by atoms with Crippen LogP contribution in [0, 0.1) is 0 Å². The number of para-hydroxylation sites is 1. The Morgan fingerprint density at radius 3 is 2.65 bits per heavy atom. The first-order chi connectivity index (χ1) is 9.65. The van der Waals surface area contributed by atoms with Crippen molar-refractivity contribution in [2.24, 2.45) is 5.84 Å². The Morgan fingerprint density at radius 2 is 2.00 bits per heavy atom. The number of anilines is 1. The summed E-state index contributed by atoms with van der Waals surface area (Å²) < 4.78 is 6.40. The predicted molar refractivity (Wildman–Crippen MR) is 85.3 cm³/mol. The monoisotopic (exact) mass is 335 g/mol. The van der Waals surface area contributed by atoms with Crippen molar-refractivity contribution in [3.8, 4) is 5.75 Å². The van der Waals surface area contributed by atoms with Crippen LogP contribution in [0.15, 0.2) is 46.9 Å². The third-order valence-electron chi connectivity index (χ3n) is 3.24. The van der Waals surface area contributed by atoms with Crippen LogP contribution in [0.1, 0.15) is 17.2 Å². The Morgan fingerprint density at radius 1 is 1.25 bits per heavy atom. The quantitative estimate of drug-likeness (QED) is 0.446. The molecular formula is C15H18BrN3O. The molecule has 0 aliphatic carbocycles. The fourth-order valence-corrected chi connectivity index (χ4v) is 2.62. The van der Waals surface area contributed by atoms with Crippen LogP contribution >= 0.6 is 15.9 Å². The topological polar surface area (TPSA) is 73.3 Å². The zero-order chi connectivity index (χ0) is 14.5. The first-order valence-electron chi connectivity index (χ1n) is 6.28. The van der Waals surface area contributed by atoms with E-state index in [1.165, 1.54) is 0 Å². The van der Waals surface area contributed by atoms with Gasteiger partial charge in [-0.15, -0.1) is 0 Å². The molecule has 0 aliphatic heterocycles. The van der Waals surface area contributed by atoms with E-state index >= 15 is 0 Å². The molecule has 0 spiro atoms. The van der Waals surface area contributed by atoms with Gasteiger partial charge in [0.1, 0.15) is 5.75 Å². The molecule has 0 radical (unpaired) electrons. The van der Waals surface area contributed by atoms with Crippen molar-refractivity contribution in [3.05, 3.63) is 58.1 Å². The molecule has 0 amide bonds. The van der Waals surface area contributed by atoms with Crippen molar-refractivity contribution in [2.45, 2.75) is 12.5 Å². The van der Waals surface area contributed by atoms with Crippen molar-refractivity contribution < 1.29 is 4.74 Å². The van der Waals surface area contributed by atoms with E-state index in [-0.39, 0.29) is 6.04 Å². The van der Waals surface area contributed by atoms with Crippen LogP contribution in [0.4, 0.5) is 5.69 Å². The number of halogens is 1. The summed E-state index contributed by atoms with van der Waals surface area (Å²) in [6, 6.07) is 13.6. The van der Waals surface area contributed by atoms with Gasteiger partial charge in [-0.2, -0.15) is 0 Å². The van der Waals surface area contributed by atoms with Crippen LogP contribution in [0.25, 0.3) is 0 Å². The smallest absolute Gasteiger partial charge is 0.122 e. The number of hydrogen-bond donors (Lipinski definition) is 3. The standard InChI is InChI=1S/C15H18BrN3O/c1-20-15-7-6-11(16)8-10(15)9-14(19-18)12-4-2-3-5-13(12)17/h2-8,14,19H,9,17-18H2,1H3. The minimum Gasteiger partial charge on any atom is -0.496 e. The van der Waals surface area contributed by atoms with E-state index in [0.717, 1.165) is 27.0 Å². The van der Waals surface area contributed by atoms with Crippen LogP contribution in [-0.2, 0) is 6.42 Å². The minimum atomic E-state index is -0.0700. The highest BCUT2D eigenvalue weighted by Gasteiger charge is 2.15. The van der Waals surface area contributed by atoms with Crippen molar-refractivity contribution in [3.63, 3.8) is 0 Å². The Hall–Kier alpha value is -1.56. The fraction of sp³-hybridized carbons (Fsp3) is 0.200. The Kier molecular flexibility index (Phi) is 5.00. The van der Waals surface area contributed by atoms with Crippen LogP contribution in [0.2, 0.25) is 0 Å². The third kappa shape index (κ3) is 3.30. The fourth-order valence-electron chi connectivity index (χ4n) is 2.21. The molecule has 0 saturated carbocycles. The molecule has 0 aromatic heterocycles. The first kappa shape index (κ1) is 14.8. The second-order valence-electron chi connectivity index (χ2n) is 4.51. The number of methoxy groups -OCH3 is 1. The molecule has 2 aromatic carbocycles. The van der Waals surface area contributed by atoms with Gasteiger partial charge in [-0.25, -0.2) is 0 Å². The van der Waals surface area contributed by atoms with Crippen molar-refractivity contribution in [2.75, 3.05) is 12.8 Å². The van der Waals surface area contributed by atoms with E-state index in [2.05, 4.69) is 21.4 Å². The van der Waals surface area contributed by atoms with Crippen LogP contribution < -0.4 is 21.7 Å². The maximum absolute atomic E-state index is 6.02.